The molecule has 0 atom stereocenters. The molecular weight excluding hydrogens is 883 g/mol. The van der Waals surface area contributed by atoms with Crippen molar-refractivity contribution in [1.29, 1.82) is 0 Å². The lowest BCUT2D eigenvalue weighted by molar-refractivity contribution is 1.18. The first-order valence-corrected chi connectivity index (χ1v) is 24.8. The lowest BCUT2D eigenvalue weighted by Crippen LogP contribution is -2.09. The van der Waals surface area contributed by atoms with E-state index in [0.29, 0.717) is 5.82 Å². The van der Waals surface area contributed by atoms with Crippen molar-refractivity contribution in [3.63, 3.8) is 0 Å². The Bertz CT molecular complexity index is 3650. The Morgan fingerprint density at radius 1 is 0.178 bits per heavy atom. The van der Waals surface area contributed by atoms with Gasteiger partial charge in [0.25, 0.3) is 0 Å². The van der Waals surface area contributed by atoms with E-state index in [2.05, 4.69) is 290 Å². The molecule has 0 saturated heterocycles. The summed E-state index contributed by atoms with van der Waals surface area (Å²) in [7, 11) is 0. The Balaban J connectivity index is 0.851. The summed E-state index contributed by atoms with van der Waals surface area (Å²) in [6, 6.07) is 106. The van der Waals surface area contributed by atoms with Crippen LogP contribution in [-0.4, -0.2) is 9.97 Å². The van der Waals surface area contributed by atoms with Crippen molar-refractivity contribution < 1.29 is 0 Å². The van der Waals surface area contributed by atoms with Crippen LogP contribution < -0.4 is 4.90 Å². The van der Waals surface area contributed by atoms with Crippen molar-refractivity contribution in [3.05, 3.63) is 297 Å². The van der Waals surface area contributed by atoms with Crippen LogP contribution in [0.5, 0.6) is 0 Å². The molecule has 0 radical (unpaired) electrons. The SMILES string of the molecule is c1ccc(-c2ccc(-c3cc(-c4ccc(-c5ccc(N(c6ccc(-c7ccccc7)cc6)c6ccc(-c7cccc(-c8ccccc8)c7)cc6)cc5)cc4)nc(-c4ccc(-c5ccccc5)cc4)n3)cc2)cc1. The molecule has 73 heavy (non-hydrogen) atoms. The number of aromatic nitrogens is 2. The molecule has 344 valence electrons. The van der Waals surface area contributed by atoms with Crippen molar-refractivity contribution in [3.8, 4) is 101 Å². The first kappa shape index (κ1) is 44.5. The molecule has 12 rings (SSSR count). The molecule has 0 aliphatic carbocycles. The monoisotopic (exact) mass is 931 g/mol. The van der Waals surface area contributed by atoms with Gasteiger partial charge in [0.2, 0.25) is 0 Å². The number of nitrogens with zero attached hydrogens (tertiary/aromatic N) is 3. The molecule has 3 nitrogen and oxygen atoms in total. The van der Waals surface area contributed by atoms with Crippen LogP contribution in [0.25, 0.3) is 101 Å². The first-order valence-electron chi connectivity index (χ1n) is 24.8. The van der Waals surface area contributed by atoms with Gasteiger partial charge in [-0.05, 0) is 115 Å². The summed E-state index contributed by atoms with van der Waals surface area (Å²) in [6.45, 7) is 0. The summed E-state index contributed by atoms with van der Waals surface area (Å²) in [5, 5.41) is 0. The van der Waals surface area contributed by atoms with Crippen LogP contribution in [0.4, 0.5) is 17.1 Å². The van der Waals surface area contributed by atoms with Crippen LogP contribution in [0.1, 0.15) is 0 Å². The average Bonchev–Trinajstić information content (AvgIpc) is 3.49. The molecule has 0 aliphatic heterocycles. The second-order valence-electron chi connectivity index (χ2n) is 18.2. The molecule has 0 bridgehead atoms. The number of anilines is 3. The topological polar surface area (TPSA) is 29.0 Å². The van der Waals surface area contributed by atoms with E-state index in [-0.39, 0.29) is 0 Å². The zero-order chi connectivity index (χ0) is 48.8. The van der Waals surface area contributed by atoms with E-state index in [1.165, 1.54) is 50.1 Å². The predicted molar refractivity (Wildman–Crippen MR) is 306 cm³/mol. The van der Waals surface area contributed by atoms with Gasteiger partial charge in [0.1, 0.15) is 0 Å². The summed E-state index contributed by atoms with van der Waals surface area (Å²) in [5.41, 5.74) is 22.1. The maximum absolute atomic E-state index is 5.20. The van der Waals surface area contributed by atoms with E-state index < -0.39 is 0 Å². The number of benzene rings is 11. The quantitative estimate of drug-likeness (QED) is 0.122. The predicted octanol–water partition coefficient (Wildman–Crippen LogP) is 18.9. The number of hydrogen-bond acceptors (Lipinski definition) is 3. The van der Waals surface area contributed by atoms with Crippen LogP contribution in [-0.2, 0) is 0 Å². The van der Waals surface area contributed by atoms with Crippen LogP contribution in [0.3, 0.4) is 0 Å². The minimum absolute atomic E-state index is 0.685. The highest BCUT2D eigenvalue weighted by Crippen LogP contribution is 2.39. The molecule has 0 saturated carbocycles. The number of rotatable bonds is 12. The van der Waals surface area contributed by atoms with Crippen LogP contribution in [0, 0.1) is 0 Å². The molecule has 0 fully saturated rings. The zero-order valence-corrected chi connectivity index (χ0v) is 40.1. The van der Waals surface area contributed by atoms with Gasteiger partial charge in [0.05, 0.1) is 11.4 Å². The summed E-state index contributed by atoms with van der Waals surface area (Å²) in [4.78, 5) is 12.7. The summed E-state index contributed by atoms with van der Waals surface area (Å²) in [5.74, 6) is 0.685. The Labute approximate surface area is 427 Å². The van der Waals surface area contributed by atoms with Crippen molar-refractivity contribution >= 4 is 17.1 Å². The minimum atomic E-state index is 0.685. The third kappa shape index (κ3) is 9.77. The highest BCUT2D eigenvalue weighted by atomic mass is 15.1. The molecule has 0 aliphatic rings. The van der Waals surface area contributed by atoms with Gasteiger partial charge in [-0.15, -0.1) is 0 Å². The first-order chi connectivity index (χ1) is 36.1. The summed E-state index contributed by atoms with van der Waals surface area (Å²) >= 11 is 0. The molecule has 0 N–H and O–H groups in total. The highest BCUT2D eigenvalue weighted by Gasteiger charge is 2.16. The van der Waals surface area contributed by atoms with Gasteiger partial charge in [-0.3, -0.25) is 0 Å². The molecule has 0 unspecified atom stereocenters. The van der Waals surface area contributed by atoms with Crippen molar-refractivity contribution in [1.82, 2.24) is 9.97 Å². The van der Waals surface area contributed by atoms with Crippen LogP contribution in [0.2, 0.25) is 0 Å². The standard InChI is InChI=1S/C70H49N3/c1-5-14-50(15-6-1)54-24-30-60(31-25-54)68-49-69(72-70(71-68)62-34-28-55(29-35-62)51-16-7-2-8-17-51)61-32-26-56(27-33-61)58-38-44-66(45-39-58)73(65-42-36-57(37-43-65)52-18-9-3-10-19-52)67-46-40-59(41-47-67)64-23-13-22-63(48-64)53-20-11-4-12-21-53/h1-49H. The van der Waals surface area contributed by atoms with Crippen LogP contribution >= 0.6 is 0 Å². The van der Waals surface area contributed by atoms with E-state index in [1.54, 1.807) is 0 Å². The fraction of sp³-hybridized carbons (Fsp3) is 0. The average molecular weight is 932 g/mol. The maximum Gasteiger partial charge on any atom is 0.160 e. The third-order valence-corrected chi connectivity index (χ3v) is 13.6. The van der Waals surface area contributed by atoms with Gasteiger partial charge in [0.15, 0.2) is 5.82 Å². The van der Waals surface area contributed by atoms with E-state index in [4.69, 9.17) is 9.97 Å². The van der Waals surface area contributed by atoms with Crippen molar-refractivity contribution in [2.45, 2.75) is 0 Å². The molecule has 1 heterocycles. The Morgan fingerprint density at radius 2 is 0.411 bits per heavy atom. The molecule has 0 spiro atoms. The second kappa shape index (κ2) is 20.3. The lowest BCUT2D eigenvalue weighted by Gasteiger charge is -2.26. The van der Waals surface area contributed by atoms with Gasteiger partial charge in [0, 0.05) is 33.8 Å². The highest BCUT2D eigenvalue weighted by molar-refractivity contribution is 5.83. The molecule has 3 heteroatoms. The normalized spacial score (nSPS) is 11.0. The van der Waals surface area contributed by atoms with Gasteiger partial charge in [-0.1, -0.05) is 249 Å². The van der Waals surface area contributed by atoms with Gasteiger partial charge in [-0.25, -0.2) is 9.97 Å². The zero-order valence-electron chi connectivity index (χ0n) is 40.1. The smallest absolute Gasteiger partial charge is 0.160 e. The van der Waals surface area contributed by atoms with Crippen molar-refractivity contribution in [2.75, 3.05) is 4.90 Å². The molecule has 1 aromatic heterocycles. The molecule has 0 amide bonds. The van der Waals surface area contributed by atoms with E-state index in [1.807, 2.05) is 12.1 Å². The maximum atomic E-state index is 5.20. The largest absolute Gasteiger partial charge is 0.311 e. The number of hydrogen-bond donors (Lipinski definition) is 0. The summed E-state index contributed by atoms with van der Waals surface area (Å²) in [6.07, 6.45) is 0. The van der Waals surface area contributed by atoms with Gasteiger partial charge >= 0.3 is 0 Å². The Morgan fingerprint density at radius 3 is 0.740 bits per heavy atom. The van der Waals surface area contributed by atoms with Crippen molar-refractivity contribution in [2.24, 2.45) is 0 Å². The van der Waals surface area contributed by atoms with Gasteiger partial charge < -0.3 is 4.90 Å². The Hall–Kier alpha value is -9.70. The Kier molecular flexibility index (Phi) is 12.4. The lowest BCUT2D eigenvalue weighted by atomic mass is 9.98. The molecular formula is C70H49N3. The van der Waals surface area contributed by atoms with Crippen LogP contribution in [0.15, 0.2) is 297 Å². The second-order valence-corrected chi connectivity index (χ2v) is 18.2. The fourth-order valence-corrected chi connectivity index (χ4v) is 9.61. The fourth-order valence-electron chi connectivity index (χ4n) is 9.61. The minimum Gasteiger partial charge on any atom is -0.311 e. The third-order valence-electron chi connectivity index (χ3n) is 13.6. The molecule has 11 aromatic carbocycles. The van der Waals surface area contributed by atoms with Gasteiger partial charge in [-0.2, -0.15) is 0 Å². The van der Waals surface area contributed by atoms with E-state index >= 15 is 0 Å². The van der Waals surface area contributed by atoms with E-state index in [0.717, 1.165) is 61.8 Å². The molecule has 12 aromatic rings. The van der Waals surface area contributed by atoms with E-state index in [9.17, 15) is 0 Å². The summed E-state index contributed by atoms with van der Waals surface area (Å²) < 4.78 is 0.